The quantitative estimate of drug-likeness (QED) is 0.739. The zero-order valence-electron chi connectivity index (χ0n) is 12.1. The summed E-state index contributed by atoms with van der Waals surface area (Å²) in [4.78, 5) is 13.6. The normalized spacial score (nSPS) is 14.9. The van der Waals surface area contributed by atoms with Gasteiger partial charge in [-0.25, -0.2) is 0 Å². The van der Waals surface area contributed by atoms with Gasteiger partial charge in [0, 0.05) is 20.0 Å². The molecule has 0 aliphatic carbocycles. The third-order valence-electron chi connectivity index (χ3n) is 2.68. The van der Waals surface area contributed by atoms with E-state index in [1.165, 1.54) is 0 Å². The Hall–Kier alpha value is -1.04. The smallest absolute Gasteiger partial charge is 0.222 e. The van der Waals surface area contributed by atoms with E-state index in [9.17, 15) is 4.79 Å². The van der Waals surface area contributed by atoms with Gasteiger partial charge < -0.3 is 4.90 Å². The van der Waals surface area contributed by atoms with E-state index in [0.29, 0.717) is 18.9 Å². The molecule has 3 nitrogen and oxygen atoms in total. The van der Waals surface area contributed by atoms with Crippen LogP contribution in [0.3, 0.4) is 0 Å². The molecule has 0 aromatic heterocycles. The monoisotopic (exact) mass is 238 g/mol. The van der Waals surface area contributed by atoms with Gasteiger partial charge in [-0.3, -0.25) is 4.79 Å². The second-order valence-corrected chi connectivity index (χ2v) is 6.38. The summed E-state index contributed by atoms with van der Waals surface area (Å²) >= 11 is 0. The average Bonchev–Trinajstić information content (AvgIpc) is 2.14. The van der Waals surface area contributed by atoms with Crippen molar-refractivity contribution in [2.45, 2.75) is 47.5 Å². The number of nitrogens with zero attached hydrogens (tertiary/aromatic N) is 2. The van der Waals surface area contributed by atoms with Gasteiger partial charge in [-0.05, 0) is 24.7 Å². The first-order valence-electron chi connectivity index (χ1n) is 6.29. The lowest BCUT2D eigenvalue weighted by Crippen LogP contribution is -2.32. The van der Waals surface area contributed by atoms with Crippen LogP contribution in [0.2, 0.25) is 0 Å². The van der Waals surface area contributed by atoms with E-state index in [2.05, 4.69) is 33.8 Å². The molecule has 0 aromatic carbocycles. The van der Waals surface area contributed by atoms with Gasteiger partial charge in [0.05, 0.1) is 12.0 Å². The fourth-order valence-electron chi connectivity index (χ4n) is 2.12. The number of amides is 1. The average molecular weight is 238 g/mol. The molecular weight excluding hydrogens is 212 g/mol. The van der Waals surface area contributed by atoms with Crippen molar-refractivity contribution in [1.82, 2.24) is 4.90 Å². The van der Waals surface area contributed by atoms with Crippen LogP contribution in [0, 0.1) is 28.6 Å². The van der Waals surface area contributed by atoms with Crippen molar-refractivity contribution in [2.24, 2.45) is 17.3 Å². The largest absolute Gasteiger partial charge is 0.344 e. The fourth-order valence-corrected chi connectivity index (χ4v) is 2.12. The summed E-state index contributed by atoms with van der Waals surface area (Å²) in [5, 5.41) is 8.71. The van der Waals surface area contributed by atoms with Crippen molar-refractivity contribution < 1.29 is 4.79 Å². The molecule has 1 amide bonds. The molecule has 0 aliphatic heterocycles. The molecule has 0 heterocycles. The Morgan fingerprint density at radius 3 is 2.29 bits per heavy atom. The van der Waals surface area contributed by atoms with Crippen LogP contribution in [0.5, 0.6) is 0 Å². The molecule has 0 radical (unpaired) electrons. The highest BCUT2D eigenvalue weighted by Crippen LogP contribution is 2.26. The van der Waals surface area contributed by atoms with Crippen molar-refractivity contribution in [3.63, 3.8) is 0 Å². The predicted molar refractivity (Wildman–Crippen MR) is 70.3 cm³/mol. The Kier molecular flexibility index (Phi) is 6.23. The van der Waals surface area contributed by atoms with Gasteiger partial charge >= 0.3 is 0 Å². The van der Waals surface area contributed by atoms with Gasteiger partial charge in [0.15, 0.2) is 0 Å². The van der Waals surface area contributed by atoms with Crippen molar-refractivity contribution in [3.8, 4) is 6.07 Å². The summed E-state index contributed by atoms with van der Waals surface area (Å²) in [5.41, 5.74) is 0.262. The lowest BCUT2D eigenvalue weighted by atomic mass is 9.84. The van der Waals surface area contributed by atoms with Gasteiger partial charge in [0.1, 0.15) is 0 Å². The lowest BCUT2D eigenvalue weighted by molar-refractivity contribution is -0.131. The van der Waals surface area contributed by atoms with Crippen molar-refractivity contribution in [2.75, 3.05) is 13.6 Å². The second-order valence-electron chi connectivity index (χ2n) is 6.38. The molecule has 2 atom stereocenters. The molecule has 0 aromatic rings. The van der Waals surface area contributed by atoms with E-state index in [1.807, 2.05) is 6.92 Å². The van der Waals surface area contributed by atoms with Crippen LogP contribution in [0.1, 0.15) is 47.5 Å². The second kappa shape index (κ2) is 6.64. The van der Waals surface area contributed by atoms with Crippen LogP contribution in [0.4, 0.5) is 0 Å². The van der Waals surface area contributed by atoms with Crippen molar-refractivity contribution in [3.05, 3.63) is 0 Å². The molecule has 0 saturated heterocycles. The third-order valence-corrected chi connectivity index (χ3v) is 2.68. The minimum atomic E-state index is -0.0955. The number of carbonyl (C=O) groups excluding carboxylic acids is 1. The Labute approximate surface area is 106 Å². The van der Waals surface area contributed by atoms with E-state index in [4.69, 9.17) is 5.26 Å². The highest BCUT2D eigenvalue weighted by Gasteiger charge is 2.20. The van der Waals surface area contributed by atoms with Crippen LogP contribution in [0.25, 0.3) is 0 Å². The fraction of sp³-hybridized carbons (Fsp3) is 0.857. The number of rotatable bonds is 5. The summed E-state index contributed by atoms with van der Waals surface area (Å²) in [7, 11) is 1.78. The van der Waals surface area contributed by atoms with E-state index >= 15 is 0 Å². The maximum Gasteiger partial charge on any atom is 0.222 e. The number of nitriles is 1. The number of hydrogen-bond donors (Lipinski definition) is 0. The molecule has 17 heavy (non-hydrogen) atoms. The molecule has 0 fully saturated rings. The number of carbonyl (C=O) groups is 1. The highest BCUT2D eigenvalue weighted by atomic mass is 16.2. The van der Waals surface area contributed by atoms with E-state index < -0.39 is 0 Å². The maximum absolute atomic E-state index is 11.9. The topological polar surface area (TPSA) is 44.1 Å². The van der Waals surface area contributed by atoms with Crippen molar-refractivity contribution >= 4 is 5.91 Å². The van der Waals surface area contributed by atoms with Crippen LogP contribution in [0.15, 0.2) is 0 Å². The highest BCUT2D eigenvalue weighted by molar-refractivity contribution is 5.76. The number of hydrogen-bond acceptors (Lipinski definition) is 2. The Morgan fingerprint density at radius 2 is 1.88 bits per heavy atom. The Morgan fingerprint density at radius 1 is 1.35 bits per heavy atom. The van der Waals surface area contributed by atoms with Crippen LogP contribution in [-0.4, -0.2) is 24.4 Å². The molecule has 98 valence electrons. The SMILES string of the molecule is CC(C#N)CN(C)C(=O)CC(C)CC(C)(C)C. The molecule has 0 spiro atoms. The summed E-state index contributed by atoms with van der Waals surface area (Å²) < 4.78 is 0. The predicted octanol–water partition coefficient (Wildman–Crippen LogP) is 3.07. The zero-order chi connectivity index (χ0) is 13.6. The molecule has 2 unspecified atom stereocenters. The first kappa shape index (κ1) is 16.0. The first-order chi connectivity index (χ1) is 7.65. The molecule has 0 aliphatic rings. The van der Waals surface area contributed by atoms with Gasteiger partial charge in [0.25, 0.3) is 0 Å². The molecule has 3 heteroatoms. The summed E-state index contributed by atoms with van der Waals surface area (Å²) in [6.07, 6.45) is 1.62. The summed E-state index contributed by atoms with van der Waals surface area (Å²) in [5.74, 6) is 0.438. The van der Waals surface area contributed by atoms with Gasteiger partial charge in [-0.15, -0.1) is 0 Å². The van der Waals surface area contributed by atoms with Crippen LogP contribution in [-0.2, 0) is 4.79 Å². The van der Waals surface area contributed by atoms with E-state index in [-0.39, 0.29) is 17.2 Å². The van der Waals surface area contributed by atoms with E-state index in [0.717, 1.165) is 6.42 Å². The van der Waals surface area contributed by atoms with Crippen LogP contribution < -0.4 is 0 Å². The lowest BCUT2D eigenvalue weighted by Gasteiger charge is -2.25. The van der Waals surface area contributed by atoms with Gasteiger partial charge in [0.2, 0.25) is 5.91 Å². The molecule has 0 saturated carbocycles. The summed E-state index contributed by atoms with van der Waals surface area (Å²) in [6, 6.07) is 2.15. The molecule has 0 bridgehead atoms. The van der Waals surface area contributed by atoms with Gasteiger partial charge in [-0.2, -0.15) is 5.26 Å². The van der Waals surface area contributed by atoms with Crippen LogP contribution >= 0.6 is 0 Å². The standard InChI is InChI=1S/C14H26N2O/c1-11(8-14(3,4)5)7-13(17)16(6)10-12(2)9-15/h11-12H,7-8,10H2,1-6H3. The minimum Gasteiger partial charge on any atom is -0.344 e. The minimum absolute atomic E-state index is 0.0955. The summed E-state index contributed by atoms with van der Waals surface area (Å²) in [6.45, 7) is 11.0. The Bertz CT molecular complexity index is 286. The first-order valence-corrected chi connectivity index (χ1v) is 6.29. The zero-order valence-corrected chi connectivity index (χ0v) is 12.1. The maximum atomic E-state index is 11.9. The Balaban J connectivity index is 4.13. The third kappa shape index (κ3) is 7.79. The molecule has 0 N–H and O–H groups in total. The van der Waals surface area contributed by atoms with Crippen molar-refractivity contribution in [1.29, 1.82) is 5.26 Å². The molecule has 0 rings (SSSR count). The molecular formula is C14H26N2O. The van der Waals surface area contributed by atoms with Gasteiger partial charge in [-0.1, -0.05) is 27.7 Å². The van der Waals surface area contributed by atoms with E-state index in [1.54, 1.807) is 11.9 Å².